The molecule has 9 heteroatoms. The minimum atomic E-state index is -3.38. The molecule has 0 radical (unpaired) electrons. The zero-order valence-corrected chi connectivity index (χ0v) is 14.6. The zero-order chi connectivity index (χ0) is 18.1. The highest BCUT2D eigenvalue weighted by molar-refractivity contribution is 7.88. The molecule has 0 saturated carbocycles. The van der Waals surface area contributed by atoms with Gasteiger partial charge in [-0.25, -0.2) is 17.2 Å². The molecule has 1 aromatic rings. The summed E-state index contributed by atoms with van der Waals surface area (Å²) in [6.07, 6.45) is 1.11. The van der Waals surface area contributed by atoms with Gasteiger partial charge in [-0.2, -0.15) is 4.31 Å². The lowest BCUT2D eigenvalue weighted by atomic mass is 10.0. The van der Waals surface area contributed by atoms with E-state index in [0.717, 1.165) is 18.4 Å². The molecule has 2 atom stereocenters. The van der Waals surface area contributed by atoms with Gasteiger partial charge in [-0.1, -0.05) is 0 Å². The highest BCUT2D eigenvalue weighted by Gasteiger charge is 2.38. The fraction of sp³-hybridized carbons (Fsp3) is 0.533. The van der Waals surface area contributed by atoms with Crippen molar-refractivity contribution in [3.05, 3.63) is 35.4 Å². The van der Waals surface area contributed by atoms with Gasteiger partial charge in [-0.15, -0.1) is 0 Å². The predicted octanol–water partition coefficient (Wildman–Crippen LogP) is 0.516. The van der Waals surface area contributed by atoms with Crippen LogP contribution < -0.4 is 5.32 Å². The highest BCUT2D eigenvalue weighted by atomic mass is 32.2. The van der Waals surface area contributed by atoms with Gasteiger partial charge in [0.2, 0.25) is 10.0 Å². The van der Waals surface area contributed by atoms with Gasteiger partial charge >= 0.3 is 0 Å². The van der Waals surface area contributed by atoms with E-state index >= 15 is 0 Å². The number of nitrogens with zero attached hydrogens (tertiary/aromatic N) is 2. The molecule has 1 aliphatic rings. The van der Waals surface area contributed by atoms with Crippen LogP contribution in [0.5, 0.6) is 0 Å². The number of halogens is 2. The molecule has 6 nitrogen and oxygen atoms in total. The normalized spacial score (nSPS) is 22.1. The number of amides is 1. The number of hydrogen-bond acceptors (Lipinski definition) is 4. The van der Waals surface area contributed by atoms with Crippen molar-refractivity contribution in [2.75, 3.05) is 40.0 Å². The first-order valence-corrected chi connectivity index (χ1v) is 9.28. The van der Waals surface area contributed by atoms with Crippen LogP contribution in [-0.2, 0) is 10.0 Å². The minimum Gasteiger partial charge on any atom is -0.348 e. The number of benzene rings is 1. The maximum atomic E-state index is 13.7. The summed E-state index contributed by atoms with van der Waals surface area (Å²) in [6.45, 7) is 0.989. The number of carbonyl (C=O) groups excluding carboxylic acids is 1. The molecule has 2 rings (SSSR count). The lowest BCUT2D eigenvalue weighted by molar-refractivity contribution is 0.0923. The van der Waals surface area contributed by atoms with Crippen LogP contribution in [0.2, 0.25) is 0 Å². The smallest absolute Gasteiger partial charge is 0.254 e. The van der Waals surface area contributed by atoms with Crippen LogP contribution in [0, 0.1) is 17.6 Å². The SMILES string of the molecule is CN(C)C[C@@H]1CN(S(C)(=O)=O)C[C@H]1NC(=O)c1ccc(F)cc1F. The molecule has 0 bridgehead atoms. The molecule has 1 aromatic carbocycles. The average Bonchev–Trinajstić information content (AvgIpc) is 2.80. The summed E-state index contributed by atoms with van der Waals surface area (Å²) in [5, 5.41) is 2.68. The third-order valence-corrected chi connectivity index (χ3v) is 5.20. The molecule has 134 valence electrons. The van der Waals surface area contributed by atoms with E-state index in [-0.39, 0.29) is 24.6 Å². The molecule has 0 aromatic heterocycles. The quantitative estimate of drug-likeness (QED) is 0.830. The fourth-order valence-corrected chi connectivity index (χ4v) is 3.73. The van der Waals surface area contributed by atoms with Gasteiger partial charge in [0.1, 0.15) is 11.6 Å². The van der Waals surface area contributed by atoms with Crippen LogP contribution in [0.15, 0.2) is 18.2 Å². The van der Waals surface area contributed by atoms with Crippen LogP contribution in [-0.4, -0.2) is 69.6 Å². The summed E-state index contributed by atoms with van der Waals surface area (Å²) in [6, 6.07) is 2.28. The van der Waals surface area contributed by atoms with E-state index in [9.17, 15) is 22.0 Å². The number of carbonyl (C=O) groups is 1. The molecule has 1 heterocycles. The predicted molar refractivity (Wildman–Crippen MR) is 86.1 cm³/mol. The van der Waals surface area contributed by atoms with Crippen molar-refractivity contribution in [2.45, 2.75) is 6.04 Å². The van der Waals surface area contributed by atoms with Gasteiger partial charge in [0.05, 0.1) is 11.8 Å². The van der Waals surface area contributed by atoms with Crippen molar-refractivity contribution in [2.24, 2.45) is 5.92 Å². The van der Waals surface area contributed by atoms with Crippen LogP contribution in [0.25, 0.3) is 0 Å². The molecular weight excluding hydrogens is 340 g/mol. The zero-order valence-electron chi connectivity index (χ0n) is 13.8. The molecule has 1 N–H and O–H groups in total. The summed E-state index contributed by atoms with van der Waals surface area (Å²) in [7, 11) is 0.319. The maximum absolute atomic E-state index is 13.7. The third-order valence-electron chi connectivity index (χ3n) is 3.97. The van der Waals surface area contributed by atoms with Crippen molar-refractivity contribution in [1.29, 1.82) is 0 Å². The number of nitrogens with one attached hydrogen (secondary N) is 1. The summed E-state index contributed by atoms with van der Waals surface area (Å²) >= 11 is 0. The second-order valence-corrected chi connectivity index (χ2v) is 8.29. The molecule has 0 spiro atoms. The Morgan fingerprint density at radius 1 is 1.33 bits per heavy atom. The molecular formula is C15H21F2N3O3S. The van der Waals surface area contributed by atoms with Crippen molar-refractivity contribution < 1.29 is 22.0 Å². The standard InChI is InChI=1S/C15H21F2N3O3S/c1-19(2)7-10-8-20(24(3,22)23)9-14(10)18-15(21)12-5-4-11(16)6-13(12)17/h4-6,10,14H,7-9H2,1-3H3,(H,18,21)/t10-,14-/m1/s1. The monoisotopic (exact) mass is 361 g/mol. The van der Waals surface area contributed by atoms with Gasteiger partial charge in [0, 0.05) is 37.7 Å². The summed E-state index contributed by atoms with van der Waals surface area (Å²) < 4.78 is 51.5. The fourth-order valence-electron chi connectivity index (χ4n) is 2.84. The molecule has 24 heavy (non-hydrogen) atoms. The largest absolute Gasteiger partial charge is 0.348 e. The first-order chi connectivity index (χ1) is 11.1. The van der Waals surface area contributed by atoms with Crippen molar-refractivity contribution in [1.82, 2.24) is 14.5 Å². The maximum Gasteiger partial charge on any atom is 0.254 e. The van der Waals surface area contributed by atoms with Crippen molar-refractivity contribution in [3.63, 3.8) is 0 Å². The Morgan fingerprint density at radius 3 is 2.54 bits per heavy atom. The molecule has 1 aliphatic heterocycles. The molecule has 1 fully saturated rings. The molecule has 1 amide bonds. The lowest BCUT2D eigenvalue weighted by Crippen LogP contribution is -2.43. The number of sulfonamides is 1. The van der Waals surface area contributed by atoms with E-state index in [0.29, 0.717) is 12.6 Å². The summed E-state index contributed by atoms with van der Waals surface area (Å²) in [5.74, 6) is -2.52. The van der Waals surface area contributed by atoms with E-state index in [4.69, 9.17) is 0 Å². The van der Waals surface area contributed by atoms with E-state index in [1.54, 1.807) is 0 Å². The first-order valence-electron chi connectivity index (χ1n) is 7.43. The van der Waals surface area contributed by atoms with E-state index in [1.807, 2.05) is 19.0 Å². The van der Waals surface area contributed by atoms with Gasteiger partial charge in [-0.3, -0.25) is 4.79 Å². The second kappa shape index (κ2) is 7.12. The number of rotatable bonds is 5. The Labute approximate surface area is 140 Å². The van der Waals surface area contributed by atoms with Crippen molar-refractivity contribution >= 4 is 15.9 Å². The Bertz CT molecular complexity index is 725. The summed E-state index contributed by atoms with van der Waals surface area (Å²) in [5.41, 5.74) is -0.266. The van der Waals surface area contributed by atoms with Gasteiger partial charge in [0.15, 0.2) is 0 Å². The lowest BCUT2D eigenvalue weighted by Gasteiger charge is -2.23. The van der Waals surface area contributed by atoms with Crippen molar-refractivity contribution in [3.8, 4) is 0 Å². The Balaban J connectivity index is 2.16. The average molecular weight is 361 g/mol. The van der Waals surface area contributed by atoms with E-state index < -0.39 is 33.6 Å². The van der Waals surface area contributed by atoms with Crippen LogP contribution in [0.3, 0.4) is 0 Å². The Morgan fingerprint density at radius 2 is 2.00 bits per heavy atom. The Kier molecular flexibility index (Phi) is 5.56. The second-order valence-electron chi connectivity index (χ2n) is 6.31. The first kappa shape index (κ1) is 18.8. The van der Waals surface area contributed by atoms with Crippen LogP contribution in [0.4, 0.5) is 8.78 Å². The molecule has 0 unspecified atom stereocenters. The van der Waals surface area contributed by atoms with E-state index in [2.05, 4.69) is 5.32 Å². The minimum absolute atomic E-state index is 0.123. The molecule has 1 saturated heterocycles. The summed E-state index contributed by atoms with van der Waals surface area (Å²) in [4.78, 5) is 14.2. The third kappa shape index (κ3) is 4.49. The van der Waals surface area contributed by atoms with Gasteiger partial charge < -0.3 is 10.2 Å². The Hall–Kier alpha value is -1.58. The topological polar surface area (TPSA) is 69.7 Å². The van der Waals surface area contributed by atoms with E-state index in [1.165, 1.54) is 4.31 Å². The highest BCUT2D eigenvalue weighted by Crippen LogP contribution is 2.21. The molecule has 0 aliphatic carbocycles. The van der Waals surface area contributed by atoms with Crippen LogP contribution >= 0.6 is 0 Å². The van der Waals surface area contributed by atoms with Gasteiger partial charge in [-0.05, 0) is 26.2 Å². The van der Waals surface area contributed by atoms with Gasteiger partial charge in [0.25, 0.3) is 5.91 Å². The number of hydrogen-bond donors (Lipinski definition) is 1. The van der Waals surface area contributed by atoms with Crippen LogP contribution in [0.1, 0.15) is 10.4 Å².